The van der Waals surface area contributed by atoms with Gasteiger partial charge in [0.1, 0.15) is 0 Å². The highest BCUT2D eigenvalue weighted by Crippen LogP contribution is 2.43. The smallest absolute Gasteiger partial charge is 0.0732 e. The first-order chi connectivity index (χ1) is 8.26. The zero-order chi connectivity index (χ0) is 13.1. The van der Waals surface area contributed by atoms with E-state index in [2.05, 4.69) is 33.4 Å². The van der Waals surface area contributed by atoms with Crippen molar-refractivity contribution < 1.29 is 4.18 Å². The van der Waals surface area contributed by atoms with Gasteiger partial charge in [-0.1, -0.05) is 27.2 Å². The molecule has 0 amide bonds. The lowest BCUT2D eigenvalue weighted by Crippen LogP contribution is -2.32. The molecule has 0 unspecified atom stereocenters. The summed E-state index contributed by atoms with van der Waals surface area (Å²) in [4.78, 5) is 0. The number of hydrogen-bond donors (Lipinski definition) is 1. The van der Waals surface area contributed by atoms with Gasteiger partial charge in [-0.2, -0.15) is 0 Å². The van der Waals surface area contributed by atoms with E-state index in [4.69, 9.17) is 4.18 Å². The fourth-order valence-corrected chi connectivity index (χ4v) is 3.70. The van der Waals surface area contributed by atoms with E-state index in [1.54, 1.807) is 0 Å². The minimum atomic E-state index is 0.501. The molecule has 104 valence electrons. The quantitative estimate of drug-likeness (QED) is 0.524. The van der Waals surface area contributed by atoms with Crippen LogP contribution in [0.5, 0.6) is 0 Å². The lowest BCUT2D eigenvalue weighted by atomic mass is 9.69. The third-order valence-corrected chi connectivity index (χ3v) is 4.79. The average molecular weight is 373 g/mol. The summed E-state index contributed by atoms with van der Waals surface area (Å²) in [5.41, 5.74) is 0.596. The monoisotopic (exact) mass is 373 g/mol. The predicted molar refractivity (Wildman–Crippen MR) is 87.6 cm³/mol. The summed E-state index contributed by atoms with van der Waals surface area (Å²) >= 11 is 2.22. The van der Waals surface area contributed by atoms with E-state index >= 15 is 0 Å². The first kappa shape index (κ1) is 18.0. The molecular weight excluding hydrogens is 345 g/mol. The minimum absolute atomic E-state index is 0.501. The van der Waals surface area contributed by atoms with Crippen LogP contribution in [0.3, 0.4) is 0 Å². The molecule has 4 heteroatoms. The van der Waals surface area contributed by atoms with Crippen molar-refractivity contribution in [1.29, 1.82) is 0 Å². The number of nitrogens with one attached hydrogen (secondary N) is 1. The van der Waals surface area contributed by atoms with E-state index in [-0.39, 0.29) is 0 Å². The second-order valence-corrected chi connectivity index (χ2v) is 5.96. The second-order valence-electron chi connectivity index (χ2n) is 4.57. The summed E-state index contributed by atoms with van der Waals surface area (Å²) in [6.45, 7) is 7.49. The van der Waals surface area contributed by atoms with Crippen LogP contribution in [0, 0.1) is 5.41 Å². The summed E-state index contributed by atoms with van der Waals surface area (Å²) in [6.07, 6.45) is 8.31. The maximum absolute atomic E-state index is 5.61. The molecular formula is C13H28INOS. The van der Waals surface area contributed by atoms with E-state index in [1.165, 1.54) is 47.7 Å². The van der Waals surface area contributed by atoms with E-state index < -0.39 is 0 Å². The molecule has 0 saturated heterocycles. The van der Waals surface area contributed by atoms with Crippen LogP contribution in [0.1, 0.15) is 59.3 Å². The number of halogens is 1. The number of hydrogen-bond acceptors (Lipinski definition) is 3. The van der Waals surface area contributed by atoms with Gasteiger partial charge < -0.3 is 9.50 Å². The SMILES string of the molecule is CC.CCC1(CCNC)CCC(OSI)CC1. The fraction of sp³-hybridized carbons (Fsp3) is 1.00. The van der Waals surface area contributed by atoms with E-state index in [1.807, 2.05) is 20.9 Å². The molecule has 1 rings (SSSR count). The van der Waals surface area contributed by atoms with Gasteiger partial charge in [-0.15, -0.1) is 0 Å². The lowest BCUT2D eigenvalue weighted by molar-refractivity contribution is 0.0842. The van der Waals surface area contributed by atoms with Gasteiger partial charge in [0.15, 0.2) is 0 Å². The Morgan fingerprint density at radius 2 is 1.94 bits per heavy atom. The highest BCUT2D eigenvalue weighted by molar-refractivity contribution is 14.2. The highest BCUT2D eigenvalue weighted by Gasteiger charge is 2.33. The average Bonchev–Trinajstić information content (AvgIpc) is 2.41. The normalized spacial score (nSPS) is 28.4. The molecule has 0 aromatic heterocycles. The molecule has 1 aliphatic rings. The Kier molecular flexibility index (Phi) is 11.5. The molecule has 0 radical (unpaired) electrons. The minimum Gasteiger partial charge on any atom is -0.320 e. The maximum atomic E-state index is 5.61. The first-order valence-electron chi connectivity index (χ1n) is 6.85. The van der Waals surface area contributed by atoms with Crippen LogP contribution in [0.4, 0.5) is 0 Å². The van der Waals surface area contributed by atoms with Crippen molar-refractivity contribution in [1.82, 2.24) is 5.32 Å². The van der Waals surface area contributed by atoms with Crippen molar-refractivity contribution in [2.24, 2.45) is 5.41 Å². The molecule has 0 bridgehead atoms. The summed E-state index contributed by atoms with van der Waals surface area (Å²) in [6, 6.07) is 0. The lowest BCUT2D eigenvalue weighted by Gasteiger charge is -2.39. The van der Waals surface area contributed by atoms with Crippen LogP contribution < -0.4 is 5.32 Å². The summed E-state index contributed by atoms with van der Waals surface area (Å²) in [5.74, 6) is 0. The van der Waals surface area contributed by atoms with Crippen molar-refractivity contribution in [3.05, 3.63) is 0 Å². The van der Waals surface area contributed by atoms with Gasteiger partial charge in [0.05, 0.1) is 15.3 Å². The van der Waals surface area contributed by atoms with Crippen molar-refractivity contribution >= 4 is 30.4 Å². The molecule has 1 aliphatic carbocycles. The standard InChI is InChI=1S/C11H22INOS.C2H6/c1-3-11(8-9-13-2)6-4-10(5-7-11)14-15-12;1-2/h10,13H,3-9H2,1-2H3;1-2H3. The van der Waals surface area contributed by atoms with Crippen LogP contribution in [0.25, 0.3) is 0 Å². The van der Waals surface area contributed by atoms with Gasteiger partial charge in [0, 0.05) is 21.2 Å². The largest absolute Gasteiger partial charge is 0.320 e. The van der Waals surface area contributed by atoms with Crippen molar-refractivity contribution in [3.63, 3.8) is 0 Å². The molecule has 0 spiro atoms. The Balaban J connectivity index is 0.00000121. The Morgan fingerprint density at radius 1 is 1.35 bits per heavy atom. The molecule has 0 heterocycles. The van der Waals surface area contributed by atoms with Crippen LogP contribution in [0.15, 0.2) is 0 Å². The van der Waals surface area contributed by atoms with Crippen LogP contribution >= 0.6 is 30.4 Å². The molecule has 0 aromatic rings. The van der Waals surface area contributed by atoms with Crippen LogP contribution in [0.2, 0.25) is 0 Å². The molecule has 2 nitrogen and oxygen atoms in total. The first-order valence-corrected chi connectivity index (χ1v) is 10.1. The van der Waals surface area contributed by atoms with Crippen LogP contribution in [-0.4, -0.2) is 19.7 Å². The molecule has 1 fully saturated rings. The van der Waals surface area contributed by atoms with Crippen LogP contribution in [-0.2, 0) is 4.18 Å². The molecule has 0 aromatic carbocycles. The molecule has 0 atom stereocenters. The van der Waals surface area contributed by atoms with Gasteiger partial charge in [0.2, 0.25) is 0 Å². The summed E-state index contributed by atoms with van der Waals surface area (Å²) < 4.78 is 5.61. The van der Waals surface area contributed by atoms with Gasteiger partial charge in [-0.05, 0) is 51.1 Å². The second kappa shape index (κ2) is 10.9. The van der Waals surface area contributed by atoms with Gasteiger partial charge in [-0.3, -0.25) is 0 Å². The summed E-state index contributed by atoms with van der Waals surface area (Å²) in [7, 11) is 3.54. The van der Waals surface area contributed by atoms with Crippen molar-refractivity contribution in [3.8, 4) is 0 Å². The van der Waals surface area contributed by atoms with Crippen molar-refractivity contribution in [2.45, 2.75) is 65.4 Å². The predicted octanol–water partition coefficient (Wildman–Crippen LogP) is 4.98. The summed E-state index contributed by atoms with van der Waals surface area (Å²) in [5, 5.41) is 3.27. The van der Waals surface area contributed by atoms with Crippen molar-refractivity contribution in [2.75, 3.05) is 13.6 Å². The highest BCUT2D eigenvalue weighted by atomic mass is 127. The zero-order valence-electron chi connectivity index (χ0n) is 11.7. The van der Waals surface area contributed by atoms with Gasteiger partial charge >= 0.3 is 0 Å². The topological polar surface area (TPSA) is 21.3 Å². The molecule has 17 heavy (non-hydrogen) atoms. The Morgan fingerprint density at radius 3 is 2.35 bits per heavy atom. The Labute approximate surface area is 124 Å². The molecule has 1 N–H and O–H groups in total. The third-order valence-electron chi connectivity index (χ3n) is 3.82. The van der Waals surface area contributed by atoms with Gasteiger partial charge in [-0.25, -0.2) is 0 Å². The molecule has 0 aliphatic heterocycles. The van der Waals surface area contributed by atoms with Gasteiger partial charge in [0.25, 0.3) is 0 Å². The number of rotatable bonds is 6. The Hall–Kier alpha value is 1.00. The fourth-order valence-electron chi connectivity index (χ4n) is 2.52. The Bertz CT molecular complexity index is 173. The maximum Gasteiger partial charge on any atom is 0.0732 e. The third kappa shape index (κ3) is 6.64. The molecule has 1 saturated carbocycles. The zero-order valence-corrected chi connectivity index (χ0v) is 14.7. The van der Waals surface area contributed by atoms with E-state index in [0.29, 0.717) is 11.5 Å². The van der Waals surface area contributed by atoms with E-state index in [9.17, 15) is 0 Å². The van der Waals surface area contributed by atoms with E-state index in [0.717, 1.165) is 6.54 Å².